The molecule has 0 amide bonds. The second kappa shape index (κ2) is 5.08. The Morgan fingerprint density at radius 1 is 1.44 bits per heavy atom. The molecule has 0 radical (unpaired) electrons. The molecule has 3 N–H and O–H groups in total. The van der Waals surface area contributed by atoms with E-state index in [1.165, 1.54) is 10.9 Å². The number of nitrogens with one attached hydrogen (secondary N) is 1. The van der Waals surface area contributed by atoms with Crippen LogP contribution in [0, 0.1) is 5.41 Å². The quantitative estimate of drug-likeness (QED) is 0.848. The number of hydrogen-bond acceptors (Lipinski definition) is 3. The lowest BCUT2D eigenvalue weighted by Gasteiger charge is -2.28. The monoisotopic (exact) mass is 246 g/mol. The van der Waals surface area contributed by atoms with Crippen LogP contribution in [-0.2, 0) is 6.54 Å². The first-order valence-corrected chi connectivity index (χ1v) is 6.31. The first-order valence-electron chi connectivity index (χ1n) is 6.31. The van der Waals surface area contributed by atoms with Crippen molar-refractivity contribution in [3.63, 3.8) is 0 Å². The number of H-pyrrole nitrogens is 1. The van der Waals surface area contributed by atoms with Gasteiger partial charge in [0.2, 0.25) is 0 Å². The van der Waals surface area contributed by atoms with Gasteiger partial charge in [0.05, 0.1) is 0 Å². The fourth-order valence-electron chi connectivity index (χ4n) is 2.29. The van der Waals surface area contributed by atoms with E-state index in [0.29, 0.717) is 6.54 Å². The smallest absolute Gasteiger partial charge is 0.137 e. The Balaban J connectivity index is 2.09. The van der Waals surface area contributed by atoms with Crippen molar-refractivity contribution in [2.45, 2.75) is 20.4 Å². The minimum absolute atomic E-state index is 0.152. The Morgan fingerprint density at radius 2 is 2.22 bits per heavy atom. The molecule has 0 fully saturated rings. The van der Waals surface area contributed by atoms with Crippen molar-refractivity contribution in [2.24, 2.45) is 11.1 Å². The van der Waals surface area contributed by atoms with E-state index in [-0.39, 0.29) is 5.41 Å². The first-order chi connectivity index (χ1) is 8.52. The third-order valence-corrected chi connectivity index (χ3v) is 3.23. The molecule has 0 atom stereocenters. The van der Waals surface area contributed by atoms with E-state index in [0.717, 1.165) is 18.7 Å². The molecule has 0 aliphatic rings. The summed E-state index contributed by atoms with van der Waals surface area (Å²) in [7, 11) is 2.13. The zero-order valence-corrected chi connectivity index (χ0v) is 11.4. The van der Waals surface area contributed by atoms with Gasteiger partial charge in [0, 0.05) is 30.9 Å². The minimum atomic E-state index is 0.152. The molecule has 2 heterocycles. The highest BCUT2D eigenvalue weighted by Gasteiger charge is 2.18. The molecule has 0 saturated carbocycles. The van der Waals surface area contributed by atoms with Crippen molar-refractivity contribution in [3.05, 3.63) is 30.1 Å². The highest BCUT2D eigenvalue weighted by atomic mass is 15.1. The molecule has 0 bridgehead atoms. The van der Waals surface area contributed by atoms with Crippen molar-refractivity contribution in [2.75, 3.05) is 20.1 Å². The van der Waals surface area contributed by atoms with Gasteiger partial charge in [-0.25, -0.2) is 4.98 Å². The van der Waals surface area contributed by atoms with Crippen LogP contribution < -0.4 is 5.73 Å². The van der Waals surface area contributed by atoms with E-state index < -0.39 is 0 Å². The maximum atomic E-state index is 5.78. The van der Waals surface area contributed by atoms with Crippen LogP contribution in [0.1, 0.15) is 19.4 Å². The van der Waals surface area contributed by atoms with E-state index in [9.17, 15) is 0 Å². The van der Waals surface area contributed by atoms with Crippen LogP contribution in [0.2, 0.25) is 0 Å². The number of pyridine rings is 1. The summed E-state index contributed by atoms with van der Waals surface area (Å²) in [5.41, 5.74) is 8.17. The Bertz CT molecular complexity index is 515. The van der Waals surface area contributed by atoms with Crippen molar-refractivity contribution < 1.29 is 0 Å². The number of hydrogen-bond donors (Lipinski definition) is 2. The zero-order valence-electron chi connectivity index (χ0n) is 11.4. The molecule has 2 rings (SSSR count). The molecule has 4 heteroatoms. The van der Waals surface area contributed by atoms with E-state index in [1.54, 1.807) is 0 Å². The van der Waals surface area contributed by atoms with Gasteiger partial charge in [-0.15, -0.1) is 0 Å². The zero-order chi connectivity index (χ0) is 13.2. The number of nitrogens with zero attached hydrogens (tertiary/aromatic N) is 2. The Labute approximate surface area is 108 Å². The van der Waals surface area contributed by atoms with Gasteiger partial charge in [-0.05, 0) is 36.7 Å². The van der Waals surface area contributed by atoms with Crippen LogP contribution in [0.25, 0.3) is 11.0 Å². The molecule has 4 nitrogen and oxygen atoms in total. The lowest BCUT2D eigenvalue weighted by atomic mass is 9.93. The predicted octanol–water partition coefficient (Wildman–Crippen LogP) is 1.98. The summed E-state index contributed by atoms with van der Waals surface area (Å²) < 4.78 is 0. The molecule has 98 valence electrons. The van der Waals surface area contributed by atoms with Crippen molar-refractivity contribution >= 4 is 11.0 Å². The van der Waals surface area contributed by atoms with Crippen LogP contribution >= 0.6 is 0 Å². The van der Waals surface area contributed by atoms with Gasteiger partial charge in [-0.3, -0.25) is 0 Å². The van der Waals surface area contributed by atoms with Gasteiger partial charge in [0.25, 0.3) is 0 Å². The van der Waals surface area contributed by atoms with Crippen LogP contribution in [0.3, 0.4) is 0 Å². The number of aromatic nitrogens is 2. The van der Waals surface area contributed by atoms with E-state index in [1.807, 2.05) is 18.5 Å². The second-order valence-corrected chi connectivity index (χ2v) is 5.75. The summed E-state index contributed by atoms with van der Waals surface area (Å²) in [6.45, 7) is 6.99. The molecule has 0 saturated heterocycles. The predicted molar refractivity (Wildman–Crippen MR) is 75.3 cm³/mol. The van der Waals surface area contributed by atoms with Gasteiger partial charge >= 0.3 is 0 Å². The topological polar surface area (TPSA) is 57.9 Å². The highest BCUT2D eigenvalue weighted by Crippen LogP contribution is 2.19. The minimum Gasteiger partial charge on any atom is -0.346 e. The SMILES string of the molecule is CN(Cc1c[nH]c2ncccc12)CC(C)(C)CN. The van der Waals surface area contributed by atoms with Crippen molar-refractivity contribution in [3.8, 4) is 0 Å². The molecule has 2 aromatic heterocycles. The van der Waals surface area contributed by atoms with Gasteiger partial charge in [-0.2, -0.15) is 0 Å². The van der Waals surface area contributed by atoms with Crippen molar-refractivity contribution in [1.82, 2.24) is 14.9 Å². The molecule has 0 unspecified atom stereocenters. The Hall–Kier alpha value is -1.39. The van der Waals surface area contributed by atoms with Crippen LogP contribution in [-0.4, -0.2) is 35.0 Å². The number of fused-ring (bicyclic) bond motifs is 1. The third-order valence-electron chi connectivity index (χ3n) is 3.23. The first kappa shape index (κ1) is 13.1. The van der Waals surface area contributed by atoms with Gasteiger partial charge < -0.3 is 15.6 Å². The number of nitrogens with two attached hydrogens (primary N) is 1. The normalized spacial score (nSPS) is 12.5. The maximum absolute atomic E-state index is 5.78. The molecule has 0 aromatic carbocycles. The average molecular weight is 246 g/mol. The molecular formula is C14H22N4. The molecular weight excluding hydrogens is 224 g/mol. The standard InChI is InChI=1S/C14H22N4/c1-14(2,9-15)10-18(3)8-11-7-17-13-12(11)5-4-6-16-13/h4-7H,8-10,15H2,1-3H3,(H,16,17). The summed E-state index contributed by atoms with van der Waals surface area (Å²) in [5.74, 6) is 0. The fourth-order valence-corrected chi connectivity index (χ4v) is 2.29. The van der Waals surface area contributed by atoms with Gasteiger partial charge in [0.1, 0.15) is 5.65 Å². The van der Waals surface area contributed by atoms with E-state index >= 15 is 0 Å². The maximum Gasteiger partial charge on any atom is 0.137 e. The molecule has 0 aliphatic heterocycles. The molecule has 0 spiro atoms. The average Bonchev–Trinajstić information content (AvgIpc) is 2.72. The molecule has 0 aliphatic carbocycles. The summed E-state index contributed by atoms with van der Waals surface area (Å²) in [6, 6.07) is 4.08. The Morgan fingerprint density at radius 3 is 2.94 bits per heavy atom. The van der Waals surface area contributed by atoms with E-state index in [4.69, 9.17) is 5.73 Å². The Kier molecular flexibility index (Phi) is 3.68. The van der Waals surface area contributed by atoms with Gasteiger partial charge in [0.15, 0.2) is 0 Å². The highest BCUT2D eigenvalue weighted by molar-refractivity contribution is 5.79. The third kappa shape index (κ3) is 2.89. The molecule has 18 heavy (non-hydrogen) atoms. The summed E-state index contributed by atoms with van der Waals surface area (Å²) in [6.07, 6.45) is 3.85. The van der Waals surface area contributed by atoms with Crippen LogP contribution in [0.15, 0.2) is 24.5 Å². The van der Waals surface area contributed by atoms with Gasteiger partial charge in [-0.1, -0.05) is 13.8 Å². The number of aromatic amines is 1. The lowest BCUT2D eigenvalue weighted by molar-refractivity contribution is 0.210. The summed E-state index contributed by atoms with van der Waals surface area (Å²) >= 11 is 0. The summed E-state index contributed by atoms with van der Waals surface area (Å²) in [4.78, 5) is 9.82. The van der Waals surface area contributed by atoms with Crippen LogP contribution in [0.4, 0.5) is 0 Å². The second-order valence-electron chi connectivity index (χ2n) is 5.75. The van der Waals surface area contributed by atoms with Crippen molar-refractivity contribution in [1.29, 1.82) is 0 Å². The fraction of sp³-hybridized carbons (Fsp3) is 0.500. The summed E-state index contributed by atoms with van der Waals surface area (Å²) in [5, 5.41) is 1.20. The largest absolute Gasteiger partial charge is 0.346 e. The van der Waals surface area contributed by atoms with Crippen LogP contribution in [0.5, 0.6) is 0 Å². The number of rotatable bonds is 5. The molecule has 2 aromatic rings. The van der Waals surface area contributed by atoms with E-state index in [2.05, 4.69) is 41.8 Å². The lowest BCUT2D eigenvalue weighted by Crippen LogP contribution is -2.36.